The Morgan fingerprint density at radius 3 is 2.75 bits per heavy atom. The molecule has 0 amide bonds. The molecule has 2 N–H and O–H groups in total. The maximum Gasteiger partial charge on any atom is 0.0294 e. The van der Waals surface area contributed by atoms with Crippen molar-refractivity contribution in [3.05, 3.63) is 11.1 Å². The lowest BCUT2D eigenvalue weighted by Gasteiger charge is -2.25. The van der Waals surface area contributed by atoms with E-state index in [1.165, 1.54) is 25.7 Å². The highest BCUT2D eigenvalue weighted by atomic mass is 14.7. The van der Waals surface area contributed by atoms with E-state index in [1.54, 1.807) is 11.1 Å². The first kappa shape index (κ1) is 4.57. The Morgan fingerprint density at radius 2 is 2.25 bits per heavy atom. The van der Waals surface area contributed by atoms with Crippen LogP contribution in [0.5, 0.6) is 0 Å². The Balaban J connectivity index is 2.24. The lowest BCUT2D eigenvalue weighted by Crippen LogP contribution is -2.30. The van der Waals surface area contributed by atoms with Crippen LogP contribution in [-0.4, -0.2) is 6.04 Å². The van der Waals surface area contributed by atoms with Crippen molar-refractivity contribution in [2.24, 2.45) is 5.73 Å². The molecule has 0 radical (unpaired) electrons. The van der Waals surface area contributed by atoms with Crippen LogP contribution in [0.25, 0.3) is 0 Å². The van der Waals surface area contributed by atoms with Crippen LogP contribution >= 0.6 is 0 Å². The van der Waals surface area contributed by atoms with Gasteiger partial charge in [-0.15, -0.1) is 0 Å². The van der Waals surface area contributed by atoms with E-state index in [1.807, 2.05) is 0 Å². The van der Waals surface area contributed by atoms with Crippen LogP contribution in [0.1, 0.15) is 25.7 Å². The average molecular weight is 109 g/mol. The van der Waals surface area contributed by atoms with E-state index >= 15 is 0 Å². The van der Waals surface area contributed by atoms with Crippen LogP contribution in [0.15, 0.2) is 11.1 Å². The van der Waals surface area contributed by atoms with Crippen LogP contribution in [-0.2, 0) is 0 Å². The Morgan fingerprint density at radius 1 is 1.38 bits per heavy atom. The van der Waals surface area contributed by atoms with Gasteiger partial charge in [-0.1, -0.05) is 11.1 Å². The van der Waals surface area contributed by atoms with Gasteiger partial charge in [-0.3, -0.25) is 0 Å². The zero-order chi connectivity index (χ0) is 5.56. The molecule has 0 aliphatic heterocycles. The molecule has 0 fully saturated rings. The molecule has 1 nitrogen and oxygen atoms in total. The average Bonchev–Trinajstić information content (AvgIpc) is 2.09. The topological polar surface area (TPSA) is 26.0 Å². The third-order valence-electron chi connectivity index (χ3n) is 2.29. The predicted molar refractivity (Wildman–Crippen MR) is 33.5 cm³/mol. The molecule has 0 aromatic heterocycles. The van der Waals surface area contributed by atoms with Crippen LogP contribution in [0.2, 0.25) is 0 Å². The molecule has 1 heteroatoms. The summed E-state index contributed by atoms with van der Waals surface area (Å²) >= 11 is 0. The van der Waals surface area contributed by atoms with E-state index in [9.17, 15) is 0 Å². The van der Waals surface area contributed by atoms with Gasteiger partial charge in [0.2, 0.25) is 0 Å². The zero-order valence-electron chi connectivity index (χ0n) is 4.98. The van der Waals surface area contributed by atoms with Gasteiger partial charge in [-0.2, -0.15) is 0 Å². The molecular formula is C7H11N. The Kier molecular flexibility index (Phi) is 0.770. The number of rotatable bonds is 0. The van der Waals surface area contributed by atoms with Crippen LogP contribution in [0.4, 0.5) is 0 Å². The van der Waals surface area contributed by atoms with E-state index in [2.05, 4.69) is 0 Å². The molecule has 2 aliphatic rings. The SMILES string of the molecule is NC1CC2=C1CCC2. The summed E-state index contributed by atoms with van der Waals surface area (Å²) in [7, 11) is 0. The van der Waals surface area contributed by atoms with Gasteiger partial charge >= 0.3 is 0 Å². The molecule has 0 heterocycles. The second-order valence-electron chi connectivity index (χ2n) is 2.79. The minimum Gasteiger partial charge on any atom is -0.324 e. The fourth-order valence-electron chi connectivity index (χ4n) is 1.77. The van der Waals surface area contributed by atoms with Crippen LogP contribution in [0.3, 0.4) is 0 Å². The normalized spacial score (nSPS) is 34.9. The number of nitrogens with two attached hydrogens (primary N) is 1. The Labute approximate surface area is 49.6 Å². The molecule has 0 saturated heterocycles. The fraction of sp³-hybridized carbons (Fsp3) is 0.714. The highest BCUT2D eigenvalue weighted by Gasteiger charge is 2.28. The minimum absolute atomic E-state index is 0.465. The Bertz CT molecular complexity index is 146. The van der Waals surface area contributed by atoms with Gasteiger partial charge < -0.3 is 5.73 Å². The second kappa shape index (κ2) is 1.35. The first-order chi connectivity index (χ1) is 3.88. The highest BCUT2D eigenvalue weighted by molar-refractivity contribution is 5.34. The highest BCUT2D eigenvalue weighted by Crippen LogP contribution is 2.39. The number of hydrogen-bond acceptors (Lipinski definition) is 1. The van der Waals surface area contributed by atoms with Gasteiger partial charge in [0, 0.05) is 6.04 Å². The summed E-state index contributed by atoms with van der Waals surface area (Å²) in [6, 6.07) is 0.465. The van der Waals surface area contributed by atoms with Crippen molar-refractivity contribution in [1.82, 2.24) is 0 Å². The predicted octanol–water partition coefficient (Wildman–Crippen LogP) is 1.20. The van der Waals surface area contributed by atoms with E-state index < -0.39 is 0 Å². The molecule has 0 aromatic rings. The molecule has 0 aromatic carbocycles. The molecular weight excluding hydrogens is 98.1 g/mol. The van der Waals surface area contributed by atoms with Crippen molar-refractivity contribution in [2.45, 2.75) is 31.7 Å². The van der Waals surface area contributed by atoms with E-state index in [4.69, 9.17) is 5.73 Å². The summed E-state index contributed by atoms with van der Waals surface area (Å²) in [5.41, 5.74) is 8.97. The molecule has 2 aliphatic carbocycles. The first-order valence-corrected chi connectivity index (χ1v) is 3.34. The molecule has 0 spiro atoms. The number of hydrogen-bond donors (Lipinski definition) is 1. The third kappa shape index (κ3) is 0.402. The van der Waals surface area contributed by atoms with Gasteiger partial charge in [0.05, 0.1) is 0 Å². The van der Waals surface area contributed by atoms with Gasteiger partial charge in [0.25, 0.3) is 0 Å². The summed E-state index contributed by atoms with van der Waals surface area (Å²) in [5.74, 6) is 0. The Hall–Kier alpha value is -0.300. The standard InChI is InChI=1S/C7H11N/c8-7-4-5-2-1-3-6(5)7/h7H,1-4,8H2. The first-order valence-electron chi connectivity index (χ1n) is 3.34. The quantitative estimate of drug-likeness (QED) is 0.465. The lowest BCUT2D eigenvalue weighted by molar-refractivity contribution is 0.663. The molecule has 0 saturated carbocycles. The lowest BCUT2D eigenvalue weighted by atomic mass is 9.86. The van der Waals surface area contributed by atoms with Crippen LogP contribution in [0, 0.1) is 0 Å². The summed E-state index contributed by atoms with van der Waals surface area (Å²) in [6.45, 7) is 0. The van der Waals surface area contributed by atoms with Gasteiger partial charge in [-0.25, -0.2) is 0 Å². The molecule has 1 atom stereocenters. The summed E-state index contributed by atoms with van der Waals surface area (Å²) in [5, 5.41) is 0. The van der Waals surface area contributed by atoms with E-state index in [0.717, 1.165) is 0 Å². The van der Waals surface area contributed by atoms with Crippen molar-refractivity contribution in [2.75, 3.05) is 0 Å². The molecule has 0 bridgehead atoms. The van der Waals surface area contributed by atoms with Crippen molar-refractivity contribution < 1.29 is 0 Å². The largest absolute Gasteiger partial charge is 0.324 e. The van der Waals surface area contributed by atoms with E-state index in [0.29, 0.717) is 6.04 Å². The molecule has 8 heavy (non-hydrogen) atoms. The van der Waals surface area contributed by atoms with Gasteiger partial charge in [-0.05, 0) is 25.7 Å². The molecule has 1 unspecified atom stereocenters. The van der Waals surface area contributed by atoms with Crippen LogP contribution < -0.4 is 5.73 Å². The fourth-order valence-corrected chi connectivity index (χ4v) is 1.77. The van der Waals surface area contributed by atoms with Gasteiger partial charge in [0.1, 0.15) is 0 Å². The summed E-state index contributed by atoms with van der Waals surface area (Å²) in [6.07, 6.45) is 5.23. The summed E-state index contributed by atoms with van der Waals surface area (Å²) < 4.78 is 0. The van der Waals surface area contributed by atoms with Crippen molar-refractivity contribution in [3.63, 3.8) is 0 Å². The third-order valence-corrected chi connectivity index (χ3v) is 2.29. The maximum atomic E-state index is 5.71. The molecule has 44 valence electrons. The van der Waals surface area contributed by atoms with E-state index in [-0.39, 0.29) is 0 Å². The minimum atomic E-state index is 0.465. The summed E-state index contributed by atoms with van der Waals surface area (Å²) in [4.78, 5) is 0. The smallest absolute Gasteiger partial charge is 0.0294 e. The molecule has 2 rings (SSSR count). The van der Waals surface area contributed by atoms with Crippen molar-refractivity contribution >= 4 is 0 Å². The van der Waals surface area contributed by atoms with Crippen molar-refractivity contribution in [1.29, 1.82) is 0 Å². The second-order valence-corrected chi connectivity index (χ2v) is 2.79. The van der Waals surface area contributed by atoms with Gasteiger partial charge in [0.15, 0.2) is 0 Å². The maximum absolute atomic E-state index is 5.71. The van der Waals surface area contributed by atoms with Crippen molar-refractivity contribution in [3.8, 4) is 0 Å². The zero-order valence-corrected chi connectivity index (χ0v) is 4.98. The monoisotopic (exact) mass is 109 g/mol.